The number of methoxy groups -OCH3 is 1. The number of halogens is 1. The third-order valence-electron chi connectivity index (χ3n) is 6.58. The summed E-state index contributed by atoms with van der Waals surface area (Å²) in [6, 6.07) is 10.3. The van der Waals surface area contributed by atoms with Crippen LogP contribution < -0.4 is 25.8 Å². The first kappa shape index (κ1) is 26.6. The van der Waals surface area contributed by atoms with E-state index in [0.717, 1.165) is 44.6 Å². The molecule has 0 saturated carbocycles. The van der Waals surface area contributed by atoms with Crippen molar-refractivity contribution in [3.8, 4) is 17.1 Å². The molecule has 2 aromatic carbocycles. The summed E-state index contributed by atoms with van der Waals surface area (Å²) < 4.78 is 20.6. The molecule has 1 aromatic heterocycles. The Labute approximate surface area is 216 Å². The van der Waals surface area contributed by atoms with E-state index < -0.39 is 5.82 Å². The summed E-state index contributed by atoms with van der Waals surface area (Å²) >= 11 is 0. The molecular weight excluding hydrogens is 473 g/mol. The average molecular weight is 510 g/mol. The first-order chi connectivity index (χ1) is 17.8. The lowest BCUT2D eigenvalue weighted by Crippen LogP contribution is -2.38. The summed E-state index contributed by atoms with van der Waals surface area (Å²) in [4.78, 5) is 33.6. The second-order valence-electron chi connectivity index (χ2n) is 9.84. The van der Waals surface area contributed by atoms with E-state index >= 15 is 0 Å². The second-order valence-corrected chi connectivity index (χ2v) is 9.84. The summed E-state index contributed by atoms with van der Waals surface area (Å²) in [6.45, 7) is 8.43. The highest BCUT2D eigenvalue weighted by molar-refractivity contribution is 5.85. The van der Waals surface area contributed by atoms with Crippen LogP contribution in [0, 0.1) is 5.82 Å². The molecule has 1 saturated heterocycles. The first-order valence-corrected chi connectivity index (χ1v) is 13.0. The molecule has 0 spiro atoms. The molecule has 1 aliphatic rings. The number of hydrogen-bond donors (Lipinski definition) is 2. The largest absolute Gasteiger partial charge is 0.494 e. The Balaban J connectivity index is 1.82. The molecule has 2 N–H and O–H groups in total. The number of anilines is 1. The van der Waals surface area contributed by atoms with Crippen LogP contribution in [0.25, 0.3) is 22.3 Å². The van der Waals surface area contributed by atoms with Crippen molar-refractivity contribution in [2.24, 2.45) is 0 Å². The summed E-state index contributed by atoms with van der Waals surface area (Å²) in [5.41, 5.74) is 1.65. The topological polar surface area (TPSA) is 88.5 Å². The summed E-state index contributed by atoms with van der Waals surface area (Å²) in [7, 11) is 1.38. The van der Waals surface area contributed by atoms with Gasteiger partial charge in [0.2, 0.25) is 5.91 Å². The molecule has 1 atom stereocenters. The third-order valence-corrected chi connectivity index (χ3v) is 6.58. The molecule has 0 aliphatic carbocycles. The molecule has 1 unspecified atom stereocenters. The van der Waals surface area contributed by atoms with Gasteiger partial charge in [0.15, 0.2) is 11.6 Å². The fraction of sp³-hybridized carbons (Fsp3) is 0.464. The number of aromatic nitrogens is 2. The maximum Gasteiger partial charge on any atom is 0.262 e. The minimum Gasteiger partial charge on any atom is -0.494 e. The van der Waals surface area contributed by atoms with Crippen LogP contribution in [0.15, 0.2) is 41.2 Å². The number of rotatable bonds is 8. The molecule has 1 fully saturated rings. The Morgan fingerprint density at radius 1 is 1.27 bits per heavy atom. The van der Waals surface area contributed by atoms with Crippen LogP contribution in [0.4, 0.5) is 10.1 Å². The predicted molar refractivity (Wildman–Crippen MR) is 145 cm³/mol. The number of amides is 1. The van der Waals surface area contributed by atoms with Crippen LogP contribution in [0.5, 0.6) is 5.75 Å². The van der Waals surface area contributed by atoms with Crippen molar-refractivity contribution < 1.29 is 13.9 Å². The number of ether oxygens (including phenoxy) is 1. The highest BCUT2D eigenvalue weighted by Gasteiger charge is 2.21. The Morgan fingerprint density at radius 2 is 2.08 bits per heavy atom. The SMILES string of the molecule is CCCC1CN(c2ccc3nc(-c4ccc(F)c(OC)c4)n(CC(=O)NC(C)C)c(=O)c3c2)CCCN1. The normalized spacial score (nSPS) is 16.2. The number of nitrogens with one attached hydrogen (secondary N) is 2. The molecule has 0 radical (unpaired) electrons. The molecular formula is C28H36FN5O3. The average Bonchev–Trinajstić information content (AvgIpc) is 3.11. The van der Waals surface area contributed by atoms with Gasteiger partial charge in [-0.3, -0.25) is 14.2 Å². The maximum absolute atomic E-state index is 14.1. The number of carbonyl (C=O) groups is 1. The van der Waals surface area contributed by atoms with Gasteiger partial charge in [0.05, 0.1) is 18.0 Å². The Bertz CT molecular complexity index is 1320. The van der Waals surface area contributed by atoms with Gasteiger partial charge in [-0.2, -0.15) is 0 Å². The molecule has 0 bridgehead atoms. The van der Waals surface area contributed by atoms with Crippen molar-refractivity contribution in [2.75, 3.05) is 31.6 Å². The molecule has 37 heavy (non-hydrogen) atoms. The second kappa shape index (κ2) is 11.7. The number of carbonyl (C=O) groups excluding carboxylic acids is 1. The van der Waals surface area contributed by atoms with Gasteiger partial charge in [0.1, 0.15) is 12.4 Å². The van der Waals surface area contributed by atoms with Crippen molar-refractivity contribution in [2.45, 2.75) is 58.7 Å². The standard InChI is InChI=1S/C28H36FN5O3/c1-5-7-20-16-33(13-6-12-30-20)21-9-11-24-22(15-21)28(36)34(17-26(35)31-18(2)3)27(32-24)19-8-10-23(29)25(14-19)37-4/h8-11,14-15,18,20,30H,5-7,12-13,16-17H2,1-4H3,(H,31,35). The molecule has 1 amide bonds. The van der Waals surface area contributed by atoms with Crippen molar-refractivity contribution in [1.82, 2.24) is 20.2 Å². The highest BCUT2D eigenvalue weighted by atomic mass is 19.1. The van der Waals surface area contributed by atoms with Gasteiger partial charge in [-0.05, 0) is 69.6 Å². The summed E-state index contributed by atoms with van der Waals surface area (Å²) in [6.07, 6.45) is 3.21. The maximum atomic E-state index is 14.1. The Kier molecular flexibility index (Phi) is 8.43. The zero-order valence-electron chi connectivity index (χ0n) is 22.0. The van der Waals surface area contributed by atoms with Gasteiger partial charge < -0.3 is 20.3 Å². The van der Waals surface area contributed by atoms with E-state index in [4.69, 9.17) is 9.72 Å². The molecule has 9 heteroatoms. The Hall–Kier alpha value is -3.46. The van der Waals surface area contributed by atoms with Crippen LogP contribution in [0.2, 0.25) is 0 Å². The minimum atomic E-state index is -0.517. The third kappa shape index (κ3) is 6.10. The van der Waals surface area contributed by atoms with E-state index in [1.54, 1.807) is 0 Å². The van der Waals surface area contributed by atoms with Gasteiger partial charge in [0, 0.05) is 36.4 Å². The van der Waals surface area contributed by atoms with Crippen LogP contribution in [-0.2, 0) is 11.3 Å². The van der Waals surface area contributed by atoms with E-state index in [1.807, 2.05) is 32.0 Å². The molecule has 2 heterocycles. The first-order valence-electron chi connectivity index (χ1n) is 13.0. The van der Waals surface area contributed by atoms with Crippen LogP contribution in [0.3, 0.4) is 0 Å². The fourth-order valence-corrected chi connectivity index (χ4v) is 4.86. The highest BCUT2D eigenvalue weighted by Crippen LogP contribution is 2.27. The van der Waals surface area contributed by atoms with E-state index in [-0.39, 0.29) is 35.6 Å². The molecule has 8 nitrogen and oxygen atoms in total. The quantitative estimate of drug-likeness (QED) is 0.482. The number of benzene rings is 2. The van der Waals surface area contributed by atoms with Crippen molar-refractivity contribution in [3.05, 3.63) is 52.6 Å². The zero-order chi connectivity index (χ0) is 26.5. The Morgan fingerprint density at radius 3 is 2.81 bits per heavy atom. The van der Waals surface area contributed by atoms with Crippen LogP contribution in [0.1, 0.15) is 40.0 Å². The molecule has 4 rings (SSSR count). The van der Waals surface area contributed by atoms with Crippen LogP contribution >= 0.6 is 0 Å². The van der Waals surface area contributed by atoms with E-state index in [2.05, 4.69) is 22.5 Å². The van der Waals surface area contributed by atoms with E-state index in [0.29, 0.717) is 22.5 Å². The summed E-state index contributed by atoms with van der Waals surface area (Å²) in [5.74, 6) is -0.497. The predicted octanol–water partition coefficient (Wildman–Crippen LogP) is 3.70. The van der Waals surface area contributed by atoms with Gasteiger partial charge in [-0.25, -0.2) is 9.37 Å². The number of fused-ring (bicyclic) bond motifs is 1. The van der Waals surface area contributed by atoms with Gasteiger partial charge >= 0.3 is 0 Å². The van der Waals surface area contributed by atoms with E-state index in [1.165, 1.54) is 29.9 Å². The lowest BCUT2D eigenvalue weighted by molar-refractivity contribution is -0.122. The zero-order valence-corrected chi connectivity index (χ0v) is 22.0. The van der Waals surface area contributed by atoms with Gasteiger partial charge in [0.25, 0.3) is 5.56 Å². The molecule has 1 aliphatic heterocycles. The molecule has 3 aromatic rings. The minimum absolute atomic E-state index is 0.0387. The smallest absolute Gasteiger partial charge is 0.262 e. The van der Waals surface area contributed by atoms with Crippen molar-refractivity contribution in [3.63, 3.8) is 0 Å². The van der Waals surface area contributed by atoms with Crippen molar-refractivity contribution >= 4 is 22.5 Å². The van der Waals surface area contributed by atoms with Gasteiger partial charge in [-0.15, -0.1) is 0 Å². The van der Waals surface area contributed by atoms with Crippen LogP contribution in [-0.4, -0.2) is 54.3 Å². The fourth-order valence-electron chi connectivity index (χ4n) is 4.86. The summed E-state index contributed by atoms with van der Waals surface area (Å²) in [5, 5.41) is 6.89. The van der Waals surface area contributed by atoms with E-state index in [9.17, 15) is 14.0 Å². The van der Waals surface area contributed by atoms with Gasteiger partial charge in [-0.1, -0.05) is 13.3 Å². The monoisotopic (exact) mass is 509 g/mol. The van der Waals surface area contributed by atoms with Crippen molar-refractivity contribution in [1.29, 1.82) is 0 Å². The number of nitrogens with zero attached hydrogens (tertiary/aromatic N) is 3. The number of hydrogen-bond acceptors (Lipinski definition) is 6. The molecule has 198 valence electrons. The lowest BCUT2D eigenvalue weighted by atomic mass is 10.1. The lowest BCUT2D eigenvalue weighted by Gasteiger charge is -2.26.